The zero-order valence-electron chi connectivity index (χ0n) is 12.4. The van der Waals surface area contributed by atoms with Crippen LogP contribution >= 0.6 is 0 Å². The molecule has 0 aliphatic carbocycles. The van der Waals surface area contributed by atoms with Crippen LogP contribution in [0.2, 0.25) is 0 Å². The van der Waals surface area contributed by atoms with Crippen LogP contribution in [-0.2, 0) is 6.42 Å². The predicted molar refractivity (Wildman–Crippen MR) is 84.1 cm³/mol. The van der Waals surface area contributed by atoms with Crippen molar-refractivity contribution < 1.29 is 9.13 Å². The van der Waals surface area contributed by atoms with E-state index >= 15 is 0 Å². The van der Waals surface area contributed by atoms with E-state index in [-0.39, 0.29) is 11.7 Å². The van der Waals surface area contributed by atoms with E-state index in [0.29, 0.717) is 13.2 Å². The molecule has 0 aromatic heterocycles. The van der Waals surface area contributed by atoms with Crippen LogP contribution in [0.25, 0.3) is 0 Å². The van der Waals surface area contributed by atoms with E-state index in [1.807, 2.05) is 24.3 Å². The van der Waals surface area contributed by atoms with Crippen LogP contribution in [0.4, 0.5) is 4.39 Å². The van der Waals surface area contributed by atoms with Crippen LogP contribution in [0, 0.1) is 5.82 Å². The third kappa shape index (κ3) is 4.57. The molecule has 2 aromatic rings. The fourth-order valence-electron chi connectivity index (χ4n) is 2.32. The summed E-state index contributed by atoms with van der Waals surface area (Å²) in [4.78, 5) is 0. The van der Waals surface area contributed by atoms with Crippen LogP contribution < -0.4 is 10.5 Å². The standard InChI is InChI=1S/C18H22FNO/c1-2-10-21-18-5-3-4-15(12-18)16(13-20)11-14-6-8-17(19)9-7-14/h3-9,12,16H,2,10-11,13,20H2,1H3. The Kier molecular flexibility index (Phi) is 5.76. The first-order valence-corrected chi connectivity index (χ1v) is 7.40. The minimum Gasteiger partial charge on any atom is -0.494 e. The molecule has 1 unspecified atom stereocenters. The predicted octanol–water partition coefficient (Wildman–Crippen LogP) is 3.90. The lowest BCUT2D eigenvalue weighted by atomic mass is 9.92. The van der Waals surface area contributed by atoms with Gasteiger partial charge in [0.05, 0.1) is 6.61 Å². The number of hydrogen-bond donors (Lipinski definition) is 1. The topological polar surface area (TPSA) is 35.2 Å². The molecule has 0 bridgehead atoms. The van der Waals surface area contributed by atoms with Gasteiger partial charge < -0.3 is 10.5 Å². The molecule has 2 aromatic carbocycles. The lowest BCUT2D eigenvalue weighted by molar-refractivity contribution is 0.317. The lowest BCUT2D eigenvalue weighted by Gasteiger charge is -2.16. The average molecular weight is 287 g/mol. The van der Waals surface area contributed by atoms with Gasteiger partial charge in [-0.3, -0.25) is 0 Å². The summed E-state index contributed by atoms with van der Waals surface area (Å²) >= 11 is 0. The number of nitrogens with two attached hydrogens (primary N) is 1. The molecule has 21 heavy (non-hydrogen) atoms. The van der Waals surface area contributed by atoms with Gasteiger partial charge in [-0.15, -0.1) is 0 Å². The first-order chi connectivity index (χ1) is 10.2. The van der Waals surface area contributed by atoms with Crippen molar-refractivity contribution in [2.45, 2.75) is 25.7 Å². The zero-order chi connectivity index (χ0) is 15.1. The number of halogens is 1. The van der Waals surface area contributed by atoms with Gasteiger partial charge in [-0.1, -0.05) is 31.2 Å². The lowest BCUT2D eigenvalue weighted by Crippen LogP contribution is -2.15. The first-order valence-electron chi connectivity index (χ1n) is 7.40. The number of hydrogen-bond acceptors (Lipinski definition) is 2. The van der Waals surface area contributed by atoms with E-state index in [9.17, 15) is 4.39 Å². The Hall–Kier alpha value is -1.87. The highest BCUT2D eigenvalue weighted by atomic mass is 19.1. The molecule has 2 rings (SSSR count). The van der Waals surface area contributed by atoms with Crippen molar-refractivity contribution in [3.8, 4) is 5.75 Å². The van der Waals surface area contributed by atoms with Gasteiger partial charge in [0.1, 0.15) is 11.6 Å². The van der Waals surface area contributed by atoms with E-state index in [4.69, 9.17) is 10.5 Å². The SMILES string of the molecule is CCCOc1cccc(C(CN)Cc2ccc(F)cc2)c1. The Morgan fingerprint density at radius 2 is 1.90 bits per heavy atom. The Morgan fingerprint density at radius 1 is 1.14 bits per heavy atom. The monoisotopic (exact) mass is 287 g/mol. The minimum atomic E-state index is -0.210. The number of benzene rings is 2. The molecule has 0 fully saturated rings. The molecule has 0 spiro atoms. The van der Waals surface area contributed by atoms with Crippen molar-refractivity contribution in [3.05, 3.63) is 65.5 Å². The van der Waals surface area contributed by atoms with Crippen LogP contribution in [0.1, 0.15) is 30.4 Å². The van der Waals surface area contributed by atoms with Crippen LogP contribution in [0.5, 0.6) is 5.75 Å². The normalized spacial score (nSPS) is 12.1. The second kappa shape index (κ2) is 7.79. The quantitative estimate of drug-likeness (QED) is 0.838. The molecule has 0 saturated carbocycles. The fraction of sp³-hybridized carbons (Fsp3) is 0.333. The maximum absolute atomic E-state index is 13.0. The first kappa shape index (κ1) is 15.5. The molecule has 112 valence electrons. The summed E-state index contributed by atoms with van der Waals surface area (Å²) in [7, 11) is 0. The van der Waals surface area contributed by atoms with Crippen LogP contribution in [0.15, 0.2) is 48.5 Å². The fourth-order valence-corrected chi connectivity index (χ4v) is 2.32. The van der Waals surface area contributed by atoms with E-state index in [0.717, 1.165) is 29.7 Å². The molecule has 3 heteroatoms. The molecule has 0 aliphatic rings. The van der Waals surface area contributed by atoms with Gasteiger partial charge in [-0.2, -0.15) is 0 Å². The second-order valence-corrected chi connectivity index (χ2v) is 5.18. The highest BCUT2D eigenvalue weighted by Crippen LogP contribution is 2.24. The molecule has 0 amide bonds. The smallest absolute Gasteiger partial charge is 0.123 e. The zero-order valence-corrected chi connectivity index (χ0v) is 12.4. The van der Waals surface area contributed by atoms with Gasteiger partial charge in [0.15, 0.2) is 0 Å². The molecule has 1 atom stereocenters. The van der Waals surface area contributed by atoms with Gasteiger partial charge in [-0.05, 0) is 54.8 Å². The highest BCUT2D eigenvalue weighted by Gasteiger charge is 2.11. The van der Waals surface area contributed by atoms with Gasteiger partial charge in [0, 0.05) is 5.92 Å². The van der Waals surface area contributed by atoms with Gasteiger partial charge in [0.25, 0.3) is 0 Å². The Morgan fingerprint density at radius 3 is 2.57 bits per heavy atom. The summed E-state index contributed by atoms with van der Waals surface area (Å²) in [5.74, 6) is 0.880. The number of ether oxygens (including phenoxy) is 1. The maximum Gasteiger partial charge on any atom is 0.123 e. The second-order valence-electron chi connectivity index (χ2n) is 5.18. The van der Waals surface area contributed by atoms with E-state index in [1.54, 1.807) is 0 Å². The largest absolute Gasteiger partial charge is 0.494 e. The summed E-state index contributed by atoms with van der Waals surface area (Å²) in [6.07, 6.45) is 1.79. The van der Waals surface area contributed by atoms with Crippen molar-refractivity contribution >= 4 is 0 Å². The van der Waals surface area contributed by atoms with Crippen molar-refractivity contribution in [1.82, 2.24) is 0 Å². The van der Waals surface area contributed by atoms with Crippen LogP contribution in [0.3, 0.4) is 0 Å². The van der Waals surface area contributed by atoms with E-state index in [1.165, 1.54) is 12.1 Å². The minimum absolute atomic E-state index is 0.209. The van der Waals surface area contributed by atoms with Crippen LogP contribution in [-0.4, -0.2) is 13.2 Å². The molecule has 0 saturated heterocycles. The van der Waals surface area contributed by atoms with E-state index in [2.05, 4.69) is 19.1 Å². The highest BCUT2D eigenvalue weighted by molar-refractivity contribution is 5.32. The summed E-state index contributed by atoms with van der Waals surface area (Å²) < 4.78 is 18.6. The molecule has 0 heterocycles. The van der Waals surface area contributed by atoms with E-state index < -0.39 is 0 Å². The molecule has 0 radical (unpaired) electrons. The van der Waals surface area contributed by atoms with Gasteiger partial charge >= 0.3 is 0 Å². The summed E-state index contributed by atoms with van der Waals surface area (Å²) in [6, 6.07) is 14.7. The average Bonchev–Trinajstić information content (AvgIpc) is 2.52. The van der Waals surface area contributed by atoms with Gasteiger partial charge in [-0.25, -0.2) is 4.39 Å². The molecule has 2 N–H and O–H groups in total. The summed E-state index contributed by atoms with van der Waals surface area (Å²) in [5.41, 5.74) is 8.17. The van der Waals surface area contributed by atoms with Crippen molar-refractivity contribution in [2.24, 2.45) is 5.73 Å². The third-order valence-corrected chi connectivity index (χ3v) is 3.48. The molecular weight excluding hydrogens is 265 g/mol. The van der Waals surface area contributed by atoms with Crippen molar-refractivity contribution in [2.75, 3.05) is 13.2 Å². The maximum atomic E-state index is 13.0. The third-order valence-electron chi connectivity index (χ3n) is 3.48. The Bertz CT molecular complexity index is 553. The number of rotatable bonds is 7. The molecule has 0 aliphatic heterocycles. The van der Waals surface area contributed by atoms with Crippen molar-refractivity contribution in [1.29, 1.82) is 0 Å². The molecule has 2 nitrogen and oxygen atoms in total. The Balaban J connectivity index is 2.11. The summed E-state index contributed by atoms with van der Waals surface area (Å²) in [6.45, 7) is 3.35. The van der Waals surface area contributed by atoms with Gasteiger partial charge in [0.2, 0.25) is 0 Å². The Labute approximate surface area is 125 Å². The van der Waals surface area contributed by atoms with Crippen molar-refractivity contribution in [3.63, 3.8) is 0 Å². The summed E-state index contributed by atoms with van der Waals surface area (Å²) in [5, 5.41) is 0. The molecular formula is C18H22FNO.